The van der Waals surface area contributed by atoms with Crippen LogP contribution in [0.3, 0.4) is 0 Å². The molecule has 1 aliphatic carbocycles. The van der Waals surface area contributed by atoms with Gasteiger partial charge in [-0.15, -0.1) is 0 Å². The molecule has 2 saturated heterocycles. The third-order valence-electron chi connectivity index (χ3n) is 6.50. The van der Waals surface area contributed by atoms with Gasteiger partial charge in [-0.1, -0.05) is 12.1 Å². The second-order valence-corrected chi connectivity index (χ2v) is 8.15. The van der Waals surface area contributed by atoms with Crippen molar-refractivity contribution < 1.29 is 14.4 Å². The molecule has 142 valence electrons. The van der Waals surface area contributed by atoms with Crippen LogP contribution in [-0.4, -0.2) is 47.8 Å². The first kappa shape index (κ1) is 16.9. The summed E-state index contributed by atoms with van der Waals surface area (Å²) in [7, 11) is 0. The van der Waals surface area contributed by atoms with Crippen LogP contribution in [0.25, 0.3) is 0 Å². The molecule has 3 amide bonds. The molecule has 1 unspecified atom stereocenters. The van der Waals surface area contributed by atoms with Gasteiger partial charge in [-0.3, -0.25) is 19.7 Å². The average molecular weight is 368 g/mol. The van der Waals surface area contributed by atoms with Gasteiger partial charge in [0.2, 0.25) is 11.8 Å². The van der Waals surface area contributed by atoms with Gasteiger partial charge in [0.1, 0.15) is 6.04 Å². The number of amides is 3. The predicted octanol–water partition coefficient (Wildman–Crippen LogP) is 0.145. The van der Waals surface area contributed by atoms with Crippen LogP contribution in [0.4, 0.5) is 0 Å². The lowest BCUT2D eigenvalue weighted by molar-refractivity contribution is -0.136. The number of hydrogen-bond donors (Lipinski definition) is 3. The second-order valence-electron chi connectivity index (χ2n) is 8.15. The number of rotatable bonds is 5. The number of benzene rings is 1. The zero-order chi connectivity index (χ0) is 18.5. The number of carbonyl (C=O) groups is 3. The molecule has 3 fully saturated rings. The Labute approximate surface area is 157 Å². The van der Waals surface area contributed by atoms with Crippen LogP contribution in [-0.2, 0) is 22.7 Å². The van der Waals surface area contributed by atoms with E-state index in [1.807, 2.05) is 12.1 Å². The van der Waals surface area contributed by atoms with Gasteiger partial charge in [0, 0.05) is 37.7 Å². The highest BCUT2D eigenvalue weighted by molar-refractivity contribution is 6.05. The Bertz CT molecular complexity index is 823. The number of hydrogen-bond acceptors (Lipinski definition) is 5. The van der Waals surface area contributed by atoms with Crippen LogP contribution in [0.2, 0.25) is 0 Å². The molecule has 5 rings (SSSR count). The van der Waals surface area contributed by atoms with Crippen LogP contribution >= 0.6 is 0 Å². The number of nitrogens with one attached hydrogen (secondary N) is 3. The number of nitrogens with zero attached hydrogens (tertiary/aromatic N) is 1. The Balaban J connectivity index is 1.27. The summed E-state index contributed by atoms with van der Waals surface area (Å²) in [5.41, 5.74) is 2.80. The molecule has 1 saturated carbocycles. The van der Waals surface area contributed by atoms with Crippen molar-refractivity contribution >= 4 is 17.7 Å². The van der Waals surface area contributed by atoms with E-state index in [1.54, 1.807) is 4.90 Å². The summed E-state index contributed by atoms with van der Waals surface area (Å²) in [5, 5.41) is 9.45. The maximum absolute atomic E-state index is 12.8. The molecule has 0 spiro atoms. The lowest BCUT2D eigenvalue weighted by Gasteiger charge is -2.29. The molecule has 0 radical (unpaired) electrons. The predicted molar refractivity (Wildman–Crippen MR) is 97.6 cm³/mol. The van der Waals surface area contributed by atoms with E-state index in [2.05, 4.69) is 22.0 Å². The molecule has 3 aliphatic heterocycles. The van der Waals surface area contributed by atoms with Gasteiger partial charge in [0.05, 0.1) is 0 Å². The third kappa shape index (κ3) is 2.95. The third-order valence-corrected chi connectivity index (χ3v) is 6.50. The van der Waals surface area contributed by atoms with E-state index in [0.29, 0.717) is 24.6 Å². The maximum Gasteiger partial charge on any atom is 0.255 e. The Morgan fingerprint density at radius 2 is 2.11 bits per heavy atom. The molecule has 27 heavy (non-hydrogen) atoms. The van der Waals surface area contributed by atoms with Gasteiger partial charge < -0.3 is 15.5 Å². The SMILES string of the molecule is O=C1CCC(N2Cc3c(CNC[C@H]4NC[C@@H]5C[C@@H]54)cccc3C2=O)C(=O)N1. The summed E-state index contributed by atoms with van der Waals surface area (Å²) < 4.78 is 0. The first-order chi connectivity index (χ1) is 13.1. The molecule has 3 heterocycles. The second kappa shape index (κ2) is 6.42. The van der Waals surface area contributed by atoms with Gasteiger partial charge in [-0.05, 0) is 48.4 Å². The average Bonchev–Trinajstić information content (AvgIpc) is 3.21. The van der Waals surface area contributed by atoms with Crippen LogP contribution < -0.4 is 16.0 Å². The number of fused-ring (bicyclic) bond motifs is 2. The normalized spacial score (nSPS) is 31.7. The van der Waals surface area contributed by atoms with Crippen molar-refractivity contribution in [3.8, 4) is 0 Å². The van der Waals surface area contributed by atoms with Crippen LogP contribution in [0, 0.1) is 11.8 Å². The van der Waals surface area contributed by atoms with Gasteiger partial charge >= 0.3 is 0 Å². The largest absolute Gasteiger partial charge is 0.322 e. The molecule has 4 atom stereocenters. The number of piperidine rings is 2. The zero-order valence-electron chi connectivity index (χ0n) is 15.2. The summed E-state index contributed by atoms with van der Waals surface area (Å²) in [4.78, 5) is 38.0. The topological polar surface area (TPSA) is 90.5 Å². The molecule has 7 nitrogen and oxygen atoms in total. The minimum Gasteiger partial charge on any atom is -0.322 e. The number of imide groups is 1. The summed E-state index contributed by atoms with van der Waals surface area (Å²) >= 11 is 0. The Kier molecular flexibility index (Phi) is 4.02. The van der Waals surface area contributed by atoms with E-state index in [9.17, 15) is 14.4 Å². The van der Waals surface area contributed by atoms with Crippen molar-refractivity contribution in [2.45, 2.75) is 44.4 Å². The van der Waals surface area contributed by atoms with E-state index < -0.39 is 6.04 Å². The summed E-state index contributed by atoms with van der Waals surface area (Å²) in [6, 6.07) is 5.80. The van der Waals surface area contributed by atoms with E-state index in [1.165, 1.54) is 6.42 Å². The fraction of sp³-hybridized carbons (Fsp3) is 0.550. The molecule has 7 heteroatoms. The van der Waals surface area contributed by atoms with E-state index in [4.69, 9.17) is 0 Å². The maximum atomic E-state index is 12.8. The van der Waals surface area contributed by atoms with Gasteiger partial charge in [-0.2, -0.15) is 0 Å². The van der Waals surface area contributed by atoms with Crippen molar-refractivity contribution in [2.75, 3.05) is 13.1 Å². The van der Waals surface area contributed by atoms with E-state index in [-0.39, 0.29) is 24.1 Å². The van der Waals surface area contributed by atoms with Crippen molar-refractivity contribution in [3.63, 3.8) is 0 Å². The summed E-state index contributed by atoms with van der Waals surface area (Å²) in [6.45, 7) is 3.24. The lowest BCUT2D eigenvalue weighted by Crippen LogP contribution is -2.52. The van der Waals surface area contributed by atoms with Crippen LogP contribution in [0.5, 0.6) is 0 Å². The zero-order valence-corrected chi connectivity index (χ0v) is 15.2. The van der Waals surface area contributed by atoms with E-state index in [0.717, 1.165) is 42.6 Å². The first-order valence-electron chi connectivity index (χ1n) is 9.81. The Morgan fingerprint density at radius 1 is 1.22 bits per heavy atom. The van der Waals surface area contributed by atoms with Crippen molar-refractivity contribution in [3.05, 3.63) is 34.9 Å². The van der Waals surface area contributed by atoms with Crippen molar-refractivity contribution in [2.24, 2.45) is 11.8 Å². The minimum atomic E-state index is -0.558. The van der Waals surface area contributed by atoms with Crippen molar-refractivity contribution in [1.29, 1.82) is 0 Å². The van der Waals surface area contributed by atoms with Gasteiger partial charge in [0.25, 0.3) is 5.91 Å². The quantitative estimate of drug-likeness (QED) is 0.644. The lowest BCUT2D eigenvalue weighted by atomic mass is 10.0. The minimum absolute atomic E-state index is 0.111. The van der Waals surface area contributed by atoms with Gasteiger partial charge in [-0.25, -0.2) is 0 Å². The summed E-state index contributed by atoms with van der Waals surface area (Å²) in [5.74, 6) is 0.989. The molecular formula is C20H24N4O3. The van der Waals surface area contributed by atoms with Crippen LogP contribution in [0.15, 0.2) is 18.2 Å². The monoisotopic (exact) mass is 368 g/mol. The fourth-order valence-electron chi connectivity index (χ4n) is 4.85. The summed E-state index contributed by atoms with van der Waals surface area (Å²) in [6.07, 6.45) is 2.03. The highest BCUT2D eigenvalue weighted by Crippen LogP contribution is 2.44. The molecule has 1 aromatic rings. The molecule has 0 bridgehead atoms. The molecule has 4 aliphatic rings. The Morgan fingerprint density at radius 3 is 2.85 bits per heavy atom. The van der Waals surface area contributed by atoms with Crippen molar-refractivity contribution in [1.82, 2.24) is 20.9 Å². The molecule has 3 N–H and O–H groups in total. The van der Waals surface area contributed by atoms with E-state index >= 15 is 0 Å². The first-order valence-corrected chi connectivity index (χ1v) is 9.81. The number of carbonyl (C=O) groups excluding carboxylic acids is 3. The highest BCUT2D eigenvalue weighted by atomic mass is 16.2. The van der Waals surface area contributed by atoms with Crippen LogP contribution in [0.1, 0.15) is 40.7 Å². The standard InChI is InChI=1S/C20H24N4O3/c25-18-5-4-17(19(26)23-18)24-10-15-11(2-1-3-13(15)20(24)27)7-21-9-16-14-6-12(14)8-22-16/h1-3,12,14,16-17,21-22H,4-10H2,(H,23,25,26)/t12-,14-,16+,17?/m0/s1. The van der Waals surface area contributed by atoms with Gasteiger partial charge in [0.15, 0.2) is 0 Å². The smallest absolute Gasteiger partial charge is 0.255 e. The Hall–Kier alpha value is -2.25. The molecular weight excluding hydrogens is 344 g/mol. The highest BCUT2D eigenvalue weighted by Gasteiger charge is 2.47. The molecule has 0 aromatic heterocycles. The molecule has 1 aromatic carbocycles. The fourth-order valence-corrected chi connectivity index (χ4v) is 4.85.